The van der Waals surface area contributed by atoms with E-state index < -0.39 is 0 Å². The van der Waals surface area contributed by atoms with Crippen molar-refractivity contribution in [2.45, 2.75) is 19.4 Å². The van der Waals surface area contributed by atoms with Crippen LogP contribution in [0.25, 0.3) is 11.0 Å². The van der Waals surface area contributed by atoms with Gasteiger partial charge in [0.2, 0.25) is 0 Å². The molecular formula is C19H23FN4O. The van der Waals surface area contributed by atoms with E-state index in [2.05, 4.69) is 15.2 Å². The normalized spacial score (nSPS) is 12.1. The molecule has 132 valence electrons. The molecule has 0 unspecified atom stereocenters. The van der Waals surface area contributed by atoms with Gasteiger partial charge in [0.05, 0.1) is 22.3 Å². The van der Waals surface area contributed by atoms with Gasteiger partial charge in [0, 0.05) is 12.2 Å². The molecule has 0 saturated heterocycles. The Labute approximate surface area is 146 Å². The van der Waals surface area contributed by atoms with Crippen molar-refractivity contribution in [2.75, 3.05) is 26.0 Å². The lowest BCUT2D eigenvalue weighted by Crippen LogP contribution is -2.42. The number of para-hydroxylation sites is 1. The number of fused-ring (bicyclic) bond motifs is 1. The molecule has 0 radical (unpaired) electrons. The summed E-state index contributed by atoms with van der Waals surface area (Å²) in [6.07, 6.45) is 0. The zero-order valence-corrected chi connectivity index (χ0v) is 14.9. The number of anilines is 2. The lowest BCUT2D eigenvalue weighted by molar-refractivity contribution is 0.242. The van der Waals surface area contributed by atoms with Gasteiger partial charge in [-0.05, 0) is 58.3 Å². The van der Waals surface area contributed by atoms with Gasteiger partial charge in [0.15, 0.2) is 0 Å². The maximum Gasteiger partial charge on any atom is 0.327 e. The molecule has 5 nitrogen and oxygen atoms in total. The van der Waals surface area contributed by atoms with Crippen molar-refractivity contribution in [2.24, 2.45) is 0 Å². The van der Waals surface area contributed by atoms with Gasteiger partial charge in [0.1, 0.15) is 5.82 Å². The maximum atomic E-state index is 13.8. The summed E-state index contributed by atoms with van der Waals surface area (Å²) >= 11 is 0. The van der Waals surface area contributed by atoms with Gasteiger partial charge in [-0.3, -0.25) is 4.57 Å². The van der Waals surface area contributed by atoms with Crippen LogP contribution < -0.4 is 11.0 Å². The molecule has 3 rings (SSSR count). The van der Waals surface area contributed by atoms with Crippen LogP contribution in [0.1, 0.15) is 13.8 Å². The smallest absolute Gasteiger partial charge is 0.327 e. The first-order chi connectivity index (χ1) is 11.8. The Morgan fingerprint density at radius 1 is 1.20 bits per heavy atom. The molecule has 2 N–H and O–H groups in total. The third kappa shape index (κ3) is 3.44. The molecule has 0 bridgehead atoms. The number of likely N-dealkylation sites (N-methyl/N-ethyl adjacent to an activating group) is 1. The number of imidazole rings is 1. The summed E-state index contributed by atoms with van der Waals surface area (Å²) < 4.78 is 15.6. The second-order valence-electron chi connectivity index (χ2n) is 7.15. The van der Waals surface area contributed by atoms with Crippen molar-refractivity contribution >= 4 is 22.4 Å². The summed E-state index contributed by atoms with van der Waals surface area (Å²) in [5.41, 5.74) is 2.16. The molecule has 3 aromatic rings. The highest BCUT2D eigenvalue weighted by molar-refractivity contribution is 5.81. The molecule has 0 saturated carbocycles. The molecule has 2 aromatic carbocycles. The summed E-state index contributed by atoms with van der Waals surface area (Å²) in [5, 5.41) is 3.05. The van der Waals surface area contributed by atoms with Crippen molar-refractivity contribution in [3.63, 3.8) is 0 Å². The largest absolute Gasteiger partial charge is 0.353 e. The zero-order chi connectivity index (χ0) is 18.2. The first-order valence-electron chi connectivity index (χ1n) is 8.19. The summed E-state index contributed by atoms with van der Waals surface area (Å²) in [4.78, 5) is 17.5. The quantitative estimate of drug-likeness (QED) is 0.746. The van der Waals surface area contributed by atoms with Crippen molar-refractivity contribution in [3.05, 3.63) is 58.8 Å². The van der Waals surface area contributed by atoms with E-state index >= 15 is 0 Å². The van der Waals surface area contributed by atoms with Crippen LogP contribution in [-0.2, 0) is 5.54 Å². The van der Waals surface area contributed by atoms with E-state index in [0.29, 0.717) is 5.69 Å². The standard InChI is InChI=1S/C19H23FN4O/c1-19(2,12-23(3)4)24-17-10-9-13(11-16(17)22-18(24)25)21-15-8-6-5-7-14(15)20/h5-11,21H,12H2,1-4H3,(H,22,25). The minimum Gasteiger partial charge on any atom is -0.353 e. The lowest BCUT2D eigenvalue weighted by atomic mass is 10.0. The average Bonchev–Trinajstić information content (AvgIpc) is 2.84. The maximum absolute atomic E-state index is 13.8. The molecule has 6 heteroatoms. The predicted molar refractivity (Wildman–Crippen MR) is 100 cm³/mol. The van der Waals surface area contributed by atoms with Gasteiger partial charge in [0.25, 0.3) is 0 Å². The fraction of sp³-hybridized carbons (Fsp3) is 0.316. The Balaban J connectivity index is 2.01. The Kier molecular flexibility index (Phi) is 4.39. The monoisotopic (exact) mass is 342 g/mol. The molecule has 0 atom stereocenters. The van der Waals surface area contributed by atoms with Crippen LogP contribution in [0.2, 0.25) is 0 Å². The third-order valence-corrected chi connectivity index (χ3v) is 4.14. The Bertz CT molecular complexity index is 955. The van der Waals surface area contributed by atoms with E-state index in [4.69, 9.17) is 0 Å². The summed E-state index contributed by atoms with van der Waals surface area (Å²) in [7, 11) is 3.97. The van der Waals surface area contributed by atoms with Crippen molar-refractivity contribution in [1.29, 1.82) is 0 Å². The first-order valence-corrected chi connectivity index (χ1v) is 8.19. The van der Waals surface area contributed by atoms with E-state index in [9.17, 15) is 9.18 Å². The molecule has 25 heavy (non-hydrogen) atoms. The number of halogens is 1. The number of hydrogen-bond acceptors (Lipinski definition) is 3. The third-order valence-electron chi connectivity index (χ3n) is 4.14. The van der Waals surface area contributed by atoms with E-state index in [-0.39, 0.29) is 17.0 Å². The fourth-order valence-corrected chi connectivity index (χ4v) is 3.35. The van der Waals surface area contributed by atoms with Crippen LogP contribution >= 0.6 is 0 Å². The molecule has 0 aliphatic heterocycles. The van der Waals surface area contributed by atoms with Crippen LogP contribution in [0.4, 0.5) is 15.8 Å². The van der Waals surface area contributed by atoms with Crippen LogP contribution in [0.3, 0.4) is 0 Å². The van der Waals surface area contributed by atoms with E-state index in [0.717, 1.165) is 23.3 Å². The molecule has 0 fully saturated rings. The number of aromatic nitrogens is 2. The summed E-state index contributed by atoms with van der Waals surface area (Å²) in [5.74, 6) is -0.319. The molecule has 0 aliphatic carbocycles. The van der Waals surface area contributed by atoms with E-state index in [1.54, 1.807) is 22.8 Å². The zero-order valence-electron chi connectivity index (χ0n) is 14.9. The number of aromatic amines is 1. The van der Waals surface area contributed by atoms with Gasteiger partial charge in [-0.15, -0.1) is 0 Å². The highest BCUT2D eigenvalue weighted by Crippen LogP contribution is 2.25. The van der Waals surface area contributed by atoms with Crippen molar-refractivity contribution in [1.82, 2.24) is 14.5 Å². The highest BCUT2D eigenvalue weighted by atomic mass is 19.1. The molecule has 1 heterocycles. The lowest BCUT2D eigenvalue weighted by Gasteiger charge is -2.29. The number of rotatable bonds is 5. The second-order valence-corrected chi connectivity index (χ2v) is 7.15. The molecule has 0 amide bonds. The van der Waals surface area contributed by atoms with E-state index in [1.165, 1.54) is 6.07 Å². The number of benzene rings is 2. The number of nitrogens with one attached hydrogen (secondary N) is 2. The van der Waals surface area contributed by atoms with Gasteiger partial charge in [-0.2, -0.15) is 0 Å². The minimum absolute atomic E-state index is 0.148. The number of nitrogens with zero attached hydrogens (tertiary/aromatic N) is 2. The SMILES string of the molecule is CN(C)CC(C)(C)n1c(=O)[nH]c2cc(Nc3ccccc3F)ccc21. The van der Waals surface area contributed by atoms with Gasteiger partial charge >= 0.3 is 5.69 Å². The van der Waals surface area contributed by atoms with E-state index in [1.807, 2.05) is 46.1 Å². The molecular weight excluding hydrogens is 319 g/mol. The Morgan fingerprint density at radius 3 is 2.60 bits per heavy atom. The Morgan fingerprint density at radius 2 is 1.92 bits per heavy atom. The minimum atomic E-state index is -0.362. The van der Waals surface area contributed by atoms with Crippen LogP contribution in [-0.4, -0.2) is 35.1 Å². The van der Waals surface area contributed by atoms with Gasteiger partial charge in [-0.1, -0.05) is 12.1 Å². The van der Waals surface area contributed by atoms with Crippen molar-refractivity contribution in [3.8, 4) is 0 Å². The van der Waals surface area contributed by atoms with Crippen LogP contribution in [0, 0.1) is 5.82 Å². The van der Waals surface area contributed by atoms with Crippen LogP contribution in [0.5, 0.6) is 0 Å². The average molecular weight is 342 g/mol. The van der Waals surface area contributed by atoms with Crippen molar-refractivity contribution < 1.29 is 4.39 Å². The fourth-order valence-electron chi connectivity index (χ4n) is 3.35. The predicted octanol–water partition coefficient (Wildman–Crippen LogP) is 3.51. The summed E-state index contributed by atoms with van der Waals surface area (Å²) in [6, 6.07) is 12.1. The topological polar surface area (TPSA) is 53.1 Å². The number of H-pyrrole nitrogens is 1. The van der Waals surface area contributed by atoms with Gasteiger partial charge < -0.3 is 15.2 Å². The molecule has 0 aliphatic rings. The van der Waals surface area contributed by atoms with Crippen LogP contribution in [0.15, 0.2) is 47.3 Å². The highest BCUT2D eigenvalue weighted by Gasteiger charge is 2.25. The first kappa shape index (κ1) is 17.2. The van der Waals surface area contributed by atoms with Gasteiger partial charge in [-0.25, -0.2) is 9.18 Å². The summed E-state index contributed by atoms with van der Waals surface area (Å²) in [6.45, 7) is 4.80. The second kappa shape index (κ2) is 6.37. The molecule has 0 spiro atoms. The Hall–Kier alpha value is -2.60. The number of hydrogen-bond donors (Lipinski definition) is 2. The molecule has 1 aromatic heterocycles.